The fourth-order valence-corrected chi connectivity index (χ4v) is 6.89. The van der Waals surface area contributed by atoms with Crippen LogP contribution in [0.5, 0.6) is 0 Å². The minimum Gasteiger partial charge on any atom is -0.319 e. The number of fused-ring (bicyclic) bond motifs is 1. The molecule has 5 aromatic rings. The Morgan fingerprint density at radius 3 is 2.35 bits per heavy atom. The number of aromatic nitrogens is 3. The number of nitrogens with zero attached hydrogens (tertiary/aromatic N) is 3. The van der Waals surface area contributed by atoms with E-state index in [2.05, 4.69) is 11.6 Å². The Labute approximate surface area is 252 Å². The summed E-state index contributed by atoms with van der Waals surface area (Å²) in [4.78, 5) is 18.6. The van der Waals surface area contributed by atoms with Crippen molar-refractivity contribution in [2.45, 2.75) is 70.5 Å². The molecule has 0 aliphatic rings. The Hall–Kier alpha value is -4.08. The topological polar surface area (TPSA) is 86.0 Å². The van der Waals surface area contributed by atoms with Crippen molar-refractivity contribution in [1.82, 2.24) is 18.8 Å². The number of nitrogens with one attached hydrogen (secondary N) is 1. The predicted octanol–water partition coefficient (Wildman–Crippen LogP) is 6.52. The van der Waals surface area contributed by atoms with Gasteiger partial charge in [-0.3, -0.25) is 4.79 Å². The summed E-state index contributed by atoms with van der Waals surface area (Å²) in [7, 11) is -3.85. The van der Waals surface area contributed by atoms with E-state index in [1.807, 2.05) is 41.0 Å². The lowest BCUT2D eigenvalue weighted by atomic mass is 10.0. The molecule has 0 amide bonds. The van der Waals surface area contributed by atoms with Crippen molar-refractivity contribution in [2.24, 2.45) is 0 Å². The molecule has 2 heterocycles. The molecule has 0 fully saturated rings. The molecule has 3 aromatic carbocycles. The number of aryl methyl sites for hydroxylation is 1. The van der Waals surface area contributed by atoms with Crippen molar-refractivity contribution in [1.29, 1.82) is 0 Å². The fourth-order valence-electron chi connectivity index (χ4n) is 5.24. The van der Waals surface area contributed by atoms with Gasteiger partial charge in [-0.2, -0.15) is 0 Å². The van der Waals surface area contributed by atoms with Gasteiger partial charge in [-0.25, -0.2) is 22.5 Å². The Bertz CT molecular complexity index is 1920. The molecule has 0 aliphatic heterocycles. The third-order valence-electron chi connectivity index (χ3n) is 7.21. The van der Waals surface area contributed by atoms with Gasteiger partial charge in [0.05, 0.1) is 23.5 Å². The molecule has 0 bridgehead atoms. The van der Waals surface area contributed by atoms with Gasteiger partial charge in [0.1, 0.15) is 17.2 Å². The first-order valence-corrected chi connectivity index (χ1v) is 16.0. The van der Waals surface area contributed by atoms with E-state index in [1.54, 1.807) is 61.9 Å². The lowest BCUT2D eigenvalue weighted by Gasteiger charge is -2.21. The molecule has 1 N–H and O–H groups in total. The number of halogens is 1. The quantitative estimate of drug-likeness (QED) is 0.198. The van der Waals surface area contributed by atoms with Crippen molar-refractivity contribution in [3.8, 4) is 11.1 Å². The van der Waals surface area contributed by atoms with Crippen molar-refractivity contribution in [2.75, 3.05) is 0 Å². The molecular weight excluding hydrogens is 563 g/mol. The zero-order valence-electron chi connectivity index (χ0n) is 25.0. The molecule has 0 radical (unpaired) electrons. The van der Waals surface area contributed by atoms with Crippen LogP contribution in [0.4, 0.5) is 4.39 Å². The van der Waals surface area contributed by atoms with Crippen LogP contribution in [0.1, 0.15) is 57.5 Å². The van der Waals surface area contributed by atoms with Crippen LogP contribution in [0.25, 0.3) is 22.2 Å². The van der Waals surface area contributed by atoms with Crippen molar-refractivity contribution in [3.63, 3.8) is 0 Å². The van der Waals surface area contributed by atoms with E-state index in [0.717, 1.165) is 24.2 Å². The minimum absolute atomic E-state index is 0.0819. The zero-order chi connectivity index (χ0) is 30.8. The second kappa shape index (κ2) is 12.3. The van der Waals surface area contributed by atoms with Crippen LogP contribution in [0.2, 0.25) is 0 Å². The first-order valence-electron chi connectivity index (χ1n) is 14.5. The standard InChI is InChI=1S/C34H37FN4O3S/c1-5-6-16-31-36-29-19-20-38(22-24-12-8-7-9-13-24)33(40)32(29)39(31)23-26-18-17-25(21-28(26)35)27-14-10-11-15-30(27)43(41,42)37-34(2,3)4/h7-15,17-21,37H,5-6,16,22-23H2,1-4H3. The molecule has 5 rings (SSSR count). The van der Waals surface area contributed by atoms with Crippen molar-refractivity contribution in [3.05, 3.63) is 118 Å². The van der Waals surface area contributed by atoms with Gasteiger partial charge in [0.25, 0.3) is 5.56 Å². The highest BCUT2D eigenvalue weighted by molar-refractivity contribution is 7.89. The normalized spacial score (nSPS) is 12.2. The van der Waals surface area contributed by atoms with Gasteiger partial charge in [0.15, 0.2) is 0 Å². The Kier molecular flexibility index (Phi) is 8.66. The first-order chi connectivity index (χ1) is 20.5. The Balaban J connectivity index is 1.54. The fraction of sp³-hybridized carbons (Fsp3) is 0.294. The molecule has 0 atom stereocenters. The molecule has 224 valence electrons. The lowest BCUT2D eigenvalue weighted by molar-refractivity contribution is 0.491. The third-order valence-corrected chi connectivity index (χ3v) is 9.02. The monoisotopic (exact) mass is 600 g/mol. The third kappa shape index (κ3) is 6.78. The summed E-state index contributed by atoms with van der Waals surface area (Å²) in [5.74, 6) is 0.247. The molecule has 9 heteroatoms. The van der Waals surface area contributed by atoms with Gasteiger partial charge in [0.2, 0.25) is 10.0 Å². The minimum atomic E-state index is -3.85. The predicted molar refractivity (Wildman–Crippen MR) is 169 cm³/mol. The van der Waals surface area contributed by atoms with Gasteiger partial charge in [-0.1, -0.05) is 74.0 Å². The smallest absolute Gasteiger partial charge is 0.277 e. The van der Waals surface area contributed by atoms with E-state index in [-0.39, 0.29) is 17.0 Å². The number of imidazole rings is 1. The number of benzene rings is 3. The Morgan fingerprint density at radius 2 is 1.65 bits per heavy atom. The van der Waals surface area contributed by atoms with Crippen LogP contribution < -0.4 is 10.3 Å². The number of sulfonamides is 1. The van der Waals surface area contributed by atoms with Gasteiger partial charge in [-0.05, 0) is 56.5 Å². The maximum absolute atomic E-state index is 15.8. The maximum atomic E-state index is 15.8. The van der Waals surface area contributed by atoms with Gasteiger partial charge in [0, 0.05) is 29.3 Å². The van der Waals surface area contributed by atoms with Gasteiger partial charge >= 0.3 is 0 Å². The second-order valence-corrected chi connectivity index (χ2v) is 13.5. The Morgan fingerprint density at radius 1 is 0.930 bits per heavy atom. The molecule has 0 unspecified atom stereocenters. The highest BCUT2D eigenvalue weighted by atomic mass is 32.2. The molecule has 43 heavy (non-hydrogen) atoms. The summed E-state index contributed by atoms with van der Waals surface area (Å²) in [6.45, 7) is 7.94. The average molecular weight is 601 g/mol. The highest BCUT2D eigenvalue weighted by Crippen LogP contribution is 2.30. The number of rotatable bonds is 10. The van der Waals surface area contributed by atoms with E-state index in [4.69, 9.17) is 4.98 Å². The molecule has 7 nitrogen and oxygen atoms in total. The average Bonchev–Trinajstić information content (AvgIpc) is 3.31. The SMILES string of the molecule is CCCCc1nc2ccn(Cc3ccccc3)c(=O)c2n1Cc1ccc(-c2ccccc2S(=O)(=O)NC(C)(C)C)cc1F. The van der Waals surface area contributed by atoms with E-state index in [0.29, 0.717) is 40.7 Å². The summed E-state index contributed by atoms with van der Waals surface area (Å²) in [6.07, 6.45) is 4.26. The summed E-state index contributed by atoms with van der Waals surface area (Å²) in [5, 5.41) is 0. The van der Waals surface area contributed by atoms with Crippen LogP contribution in [0.15, 0.2) is 94.7 Å². The van der Waals surface area contributed by atoms with E-state index >= 15 is 4.39 Å². The van der Waals surface area contributed by atoms with Crippen LogP contribution in [-0.2, 0) is 29.5 Å². The lowest BCUT2D eigenvalue weighted by Crippen LogP contribution is -2.40. The molecule has 0 aliphatic carbocycles. The highest BCUT2D eigenvalue weighted by Gasteiger charge is 2.25. The van der Waals surface area contributed by atoms with E-state index in [9.17, 15) is 13.2 Å². The van der Waals surface area contributed by atoms with E-state index in [1.165, 1.54) is 12.1 Å². The summed E-state index contributed by atoms with van der Waals surface area (Å²) >= 11 is 0. The van der Waals surface area contributed by atoms with Gasteiger partial charge in [-0.15, -0.1) is 0 Å². The van der Waals surface area contributed by atoms with Crippen molar-refractivity contribution >= 4 is 21.1 Å². The van der Waals surface area contributed by atoms with Gasteiger partial charge < -0.3 is 9.13 Å². The van der Waals surface area contributed by atoms with Crippen LogP contribution in [-0.4, -0.2) is 28.1 Å². The zero-order valence-corrected chi connectivity index (χ0v) is 25.8. The number of hydrogen-bond donors (Lipinski definition) is 1. The molecule has 0 saturated heterocycles. The van der Waals surface area contributed by atoms with Crippen LogP contribution in [0, 0.1) is 5.82 Å². The van der Waals surface area contributed by atoms with Crippen LogP contribution >= 0.6 is 0 Å². The molecule has 2 aromatic heterocycles. The summed E-state index contributed by atoms with van der Waals surface area (Å²) in [6, 6.07) is 22.9. The van der Waals surface area contributed by atoms with Crippen LogP contribution in [0.3, 0.4) is 0 Å². The van der Waals surface area contributed by atoms with Crippen molar-refractivity contribution < 1.29 is 12.8 Å². The number of pyridine rings is 1. The maximum Gasteiger partial charge on any atom is 0.277 e. The van der Waals surface area contributed by atoms with E-state index < -0.39 is 21.4 Å². The molecule has 0 spiro atoms. The second-order valence-electron chi connectivity index (χ2n) is 11.8. The molecule has 0 saturated carbocycles. The number of unbranched alkanes of at least 4 members (excludes halogenated alkanes) is 1. The first kappa shape index (κ1) is 30.4. The molecular formula is C34H37FN4O3S. The summed E-state index contributed by atoms with van der Waals surface area (Å²) < 4.78 is 48.3. The number of hydrogen-bond acceptors (Lipinski definition) is 4. The summed E-state index contributed by atoms with van der Waals surface area (Å²) in [5.41, 5.74) is 2.41. The largest absolute Gasteiger partial charge is 0.319 e.